The predicted molar refractivity (Wildman–Crippen MR) is 142 cm³/mol. The zero-order chi connectivity index (χ0) is 25.2. The molecule has 0 spiro atoms. The van der Waals surface area contributed by atoms with Crippen LogP contribution in [0.15, 0.2) is 72.8 Å². The van der Waals surface area contributed by atoms with Crippen LogP contribution in [-0.4, -0.2) is 48.4 Å². The first-order valence-electron chi connectivity index (χ1n) is 11.8. The van der Waals surface area contributed by atoms with Gasteiger partial charge in [0, 0.05) is 18.7 Å². The third-order valence-corrected chi connectivity index (χ3v) is 6.69. The molecular formula is C29H33LiN2O3S. The van der Waals surface area contributed by atoms with Gasteiger partial charge < -0.3 is 20.1 Å². The Labute approximate surface area is 230 Å². The van der Waals surface area contributed by atoms with Crippen LogP contribution in [0.2, 0.25) is 0 Å². The number of aliphatic carboxylic acids is 1. The van der Waals surface area contributed by atoms with E-state index in [1.54, 1.807) is 6.07 Å². The van der Waals surface area contributed by atoms with Gasteiger partial charge in [0.1, 0.15) is 0 Å². The molecule has 36 heavy (non-hydrogen) atoms. The molecule has 184 valence electrons. The average Bonchev–Trinajstić information content (AvgIpc) is 2.86. The minimum Gasteiger partial charge on any atom is -0.548 e. The van der Waals surface area contributed by atoms with Gasteiger partial charge in [0.25, 0.3) is 5.91 Å². The summed E-state index contributed by atoms with van der Waals surface area (Å²) >= 11 is 1.54. The van der Waals surface area contributed by atoms with E-state index < -0.39 is 17.9 Å². The summed E-state index contributed by atoms with van der Waals surface area (Å²) in [6.45, 7) is 3.66. The molecule has 1 amide bonds. The first kappa shape index (κ1) is 29.7. The first-order valence-corrected chi connectivity index (χ1v) is 13.2. The van der Waals surface area contributed by atoms with E-state index in [1.807, 2.05) is 55.6 Å². The Bertz CT molecular complexity index is 1140. The molecule has 1 N–H and O–H groups in total. The molecule has 7 heteroatoms. The number of hydrogen-bond acceptors (Lipinski definition) is 5. The maximum Gasteiger partial charge on any atom is 1.00 e. The van der Waals surface area contributed by atoms with Gasteiger partial charge >= 0.3 is 18.9 Å². The molecule has 0 heterocycles. The van der Waals surface area contributed by atoms with E-state index in [-0.39, 0.29) is 18.9 Å². The van der Waals surface area contributed by atoms with E-state index in [1.165, 1.54) is 17.3 Å². The van der Waals surface area contributed by atoms with Crippen LogP contribution in [0.25, 0.3) is 11.1 Å². The van der Waals surface area contributed by atoms with Gasteiger partial charge in [0.15, 0.2) is 0 Å². The number of carbonyl (C=O) groups excluding carboxylic acids is 2. The summed E-state index contributed by atoms with van der Waals surface area (Å²) < 4.78 is 0. The Morgan fingerprint density at radius 3 is 2.33 bits per heavy atom. The van der Waals surface area contributed by atoms with E-state index >= 15 is 0 Å². The number of likely N-dealkylation sites (N-methyl/N-ethyl adjacent to an activating group) is 1. The molecular weight excluding hydrogens is 463 g/mol. The Morgan fingerprint density at radius 2 is 1.67 bits per heavy atom. The third-order valence-electron chi connectivity index (χ3n) is 6.04. The molecule has 3 aromatic carbocycles. The van der Waals surface area contributed by atoms with Crippen molar-refractivity contribution in [3.05, 3.63) is 95.1 Å². The fraction of sp³-hybridized carbons (Fsp3) is 0.310. The van der Waals surface area contributed by atoms with Crippen LogP contribution in [-0.2, 0) is 17.8 Å². The molecule has 0 aliphatic carbocycles. The fourth-order valence-electron chi connectivity index (χ4n) is 4.06. The smallest absolute Gasteiger partial charge is 0.548 e. The Hall–Kier alpha value is -2.49. The van der Waals surface area contributed by atoms with Crippen molar-refractivity contribution >= 4 is 23.6 Å². The largest absolute Gasteiger partial charge is 1.00 e. The Morgan fingerprint density at radius 1 is 0.972 bits per heavy atom. The number of benzene rings is 3. The average molecular weight is 497 g/mol. The minimum atomic E-state index is -1.26. The summed E-state index contributed by atoms with van der Waals surface area (Å²) in [6.07, 6.45) is 3.18. The van der Waals surface area contributed by atoms with Crippen molar-refractivity contribution in [3.8, 4) is 11.1 Å². The number of carbonyl (C=O) groups is 2. The minimum absolute atomic E-state index is 0. The van der Waals surface area contributed by atoms with Gasteiger partial charge in [0.2, 0.25) is 0 Å². The first-order chi connectivity index (χ1) is 16.9. The molecule has 0 radical (unpaired) electrons. The van der Waals surface area contributed by atoms with Crippen LogP contribution < -0.4 is 29.3 Å². The van der Waals surface area contributed by atoms with E-state index in [0.717, 1.165) is 41.8 Å². The molecule has 5 nitrogen and oxygen atoms in total. The topological polar surface area (TPSA) is 72.5 Å². The zero-order valence-corrected chi connectivity index (χ0v) is 22.4. The molecule has 0 saturated heterocycles. The molecule has 0 fully saturated rings. The molecule has 0 unspecified atom stereocenters. The fourth-order valence-corrected chi connectivity index (χ4v) is 4.53. The van der Waals surface area contributed by atoms with Gasteiger partial charge in [-0.15, -0.1) is 0 Å². The van der Waals surface area contributed by atoms with Gasteiger partial charge in [-0.1, -0.05) is 60.7 Å². The van der Waals surface area contributed by atoms with Gasteiger partial charge in [-0.05, 0) is 78.8 Å². The van der Waals surface area contributed by atoms with Crippen molar-refractivity contribution < 1.29 is 33.6 Å². The quantitative estimate of drug-likeness (QED) is 0.378. The van der Waals surface area contributed by atoms with E-state index in [2.05, 4.69) is 41.5 Å². The summed E-state index contributed by atoms with van der Waals surface area (Å²) in [5.74, 6) is -1.04. The maximum absolute atomic E-state index is 13.2. The van der Waals surface area contributed by atoms with Crippen LogP contribution >= 0.6 is 11.8 Å². The molecule has 0 aromatic heterocycles. The van der Waals surface area contributed by atoms with Crippen LogP contribution in [0.3, 0.4) is 0 Å². The molecule has 0 aliphatic rings. The summed E-state index contributed by atoms with van der Waals surface area (Å²) in [6, 6.07) is 23.1. The molecule has 0 saturated carbocycles. The normalized spacial score (nSPS) is 11.6. The van der Waals surface area contributed by atoms with Crippen molar-refractivity contribution in [1.29, 1.82) is 0 Å². The Kier molecular flexibility index (Phi) is 12.3. The van der Waals surface area contributed by atoms with Crippen molar-refractivity contribution in [2.45, 2.75) is 32.4 Å². The van der Waals surface area contributed by atoms with Crippen LogP contribution in [0.1, 0.15) is 33.5 Å². The maximum atomic E-state index is 13.2. The van der Waals surface area contributed by atoms with Gasteiger partial charge in [-0.25, -0.2) is 0 Å². The number of nitrogens with zero attached hydrogens (tertiary/aromatic N) is 1. The summed E-state index contributed by atoms with van der Waals surface area (Å²) in [7, 11) is 2.09. The number of carboxylic acids is 1. The van der Waals surface area contributed by atoms with Crippen molar-refractivity contribution in [3.63, 3.8) is 0 Å². The number of amides is 1. The van der Waals surface area contributed by atoms with Crippen LogP contribution in [0.5, 0.6) is 0 Å². The van der Waals surface area contributed by atoms with Crippen LogP contribution in [0, 0.1) is 6.92 Å². The number of rotatable bonds is 12. The predicted octanol–water partition coefficient (Wildman–Crippen LogP) is 0.942. The monoisotopic (exact) mass is 496 g/mol. The molecule has 0 bridgehead atoms. The van der Waals surface area contributed by atoms with Crippen molar-refractivity contribution in [2.24, 2.45) is 0 Å². The van der Waals surface area contributed by atoms with E-state index in [4.69, 9.17) is 0 Å². The second kappa shape index (κ2) is 14.9. The van der Waals surface area contributed by atoms with Crippen molar-refractivity contribution in [1.82, 2.24) is 10.2 Å². The van der Waals surface area contributed by atoms with Gasteiger partial charge in [-0.3, -0.25) is 4.79 Å². The van der Waals surface area contributed by atoms with E-state index in [9.17, 15) is 14.7 Å². The molecule has 3 aromatic rings. The Balaban J connectivity index is 0.00000456. The summed E-state index contributed by atoms with van der Waals surface area (Å²) in [4.78, 5) is 27.0. The number of aryl methyl sites for hydroxylation is 1. The third kappa shape index (κ3) is 8.57. The number of thioether (sulfide) groups is 1. The number of carboxylic acid groups (broad SMARTS) is 1. The second-order valence-electron chi connectivity index (χ2n) is 8.79. The standard InChI is InChI=1S/C29H34N2O3S.Li/c1-21-9-7-8-12-24(21)26-19-23(20-31(2)17-15-22-10-5-4-6-11-22)13-14-25(26)28(32)30-27(29(33)34)16-18-35-3;/h4-14,19,27H,15-18,20H2,1-3H3,(H,30,32)(H,33,34);/q;+1/p-1/t27-;/m0./s1. The SMILES string of the molecule is CSCC[C@H](NC(=O)c1ccc(CN(C)CCc2ccccc2)cc1-c1ccccc1C)C(=O)[O-].[Li+]. The van der Waals surface area contributed by atoms with Crippen molar-refractivity contribution in [2.75, 3.05) is 25.6 Å². The summed E-state index contributed by atoms with van der Waals surface area (Å²) in [5.41, 5.74) is 5.67. The molecule has 0 aliphatic heterocycles. The van der Waals surface area contributed by atoms with E-state index in [0.29, 0.717) is 17.7 Å². The van der Waals surface area contributed by atoms with Gasteiger partial charge in [-0.2, -0.15) is 11.8 Å². The number of nitrogens with one attached hydrogen (secondary N) is 1. The number of hydrogen-bond donors (Lipinski definition) is 1. The summed E-state index contributed by atoms with van der Waals surface area (Å²) in [5, 5.41) is 14.3. The van der Waals surface area contributed by atoms with Gasteiger partial charge in [0.05, 0.1) is 12.0 Å². The zero-order valence-electron chi connectivity index (χ0n) is 21.6. The molecule has 1 atom stereocenters. The second-order valence-corrected chi connectivity index (χ2v) is 9.78. The molecule has 3 rings (SSSR count). The van der Waals surface area contributed by atoms with Crippen LogP contribution in [0.4, 0.5) is 0 Å².